The maximum Gasteiger partial charge on any atom is 0.260 e. The molecule has 0 spiro atoms. The second-order valence-corrected chi connectivity index (χ2v) is 12.0. The Balaban J connectivity index is 1.21. The van der Waals surface area contributed by atoms with Gasteiger partial charge in [-0.15, -0.1) is 10.2 Å². The number of fused-ring (bicyclic) bond motifs is 1. The van der Waals surface area contributed by atoms with Crippen LogP contribution in [0.1, 0.15) is 65.2 Å². The first-order valence-electron chi connectivity index (χ1n) is 14.3. The Kier molecular flexibility index (Phi) is 6.24. The number of aryl methyl sites for hydroxylation is 1. The number of anilines is 1. The number of carbonyl (C=O) groups is 1. The number of aromatic nitrogens is 4. The van der Waals surface area contributed by atoms with Gasteiger partial charge in [-0.05, 0) is 91.7 Å². The van der Waals surface area contributed by atoms with Crippen LogP contribution in [0.15, 0.2) is 54.9 Å². The molecule has 0 unspecified atom stereocenters. The van der Waals surface area contributed by atoms with Crippen molar-refractivity contribution in [2.24, 2.45) is 7.05 Å². The minimum Gasteiger partial charge on any atom is -0.389 e. The maximum absolute atomic E-state index is 14.4. The third-order valence-electron chi connectivity index (χ3n) is 8.63. The Hall–Kier alpha value is -3.95. The van der Waals surface area contributed by atoms with Gasteiger partial charge in [0.15, 0.2) is 5.82 Å². The molecule has 2 aliphatic carbocycles. The van der Waals surface area contributed by atoms with Gasteiger partial charge in [-0.3, -0.25) is 14.6 Å². The van der Waals surface area contributed by atoms with Crippen molar-refractivity contribution >= 4 is 11.7 Å². The van der Waals surface area contributed by atoms with E-state index in [-0.39, 0.29) is 11.7 Å². The van der Waals surface area contributed by atoms with Crippen molar-refractivity contribution in [3.8, 4) is 22.5 Å². The molecule has 2 aromatic heterocycles. The van der Waals surface area contributed by atoms with Crippen LogP contribution in [0.3, 0.4) is 0 Å². The number of pyridine rings is 1. The number of rotatable bonds is 8. The fourth-order valence-electron chi connectivity index (χ4n) is 6.14. The normalized spacial score (nSPS) is 17.7. The zero-order valence-corrected chi connectivity index (χ0v) is 23.3. The van der Waals surface area contributed by atoms with Crippen molar-refractivity contribution in [1.82, 2.24) is 24.6 Å². The predicted molar refractivity (Wildman–Crippen MR) is 154 cm³/mol. The molecule has 41 heavy (non-hydrogen) atoms. The van der Waals surface area contributed by atoms with Gasteiger partial charge in [0.25, 0.3) is 5.91 Å². The van der Waals surface area contributed by atoms with Crippen molar-refractivity contribution in [3.05, 3.63) is 83.1 Å². The number of likely N-dealkylation sites (N-methyl/N-ethyl adjacent to an activating group) is 1. The lowest BCUT2D eigenvalue weighted by atomic mass is 9.80. The maximum atomic E-state index is 14.4. The molecule has 2 saturated carbocycles. The summed E-state index contributed by atoms with van der Waals surface area (Å²) < 4.78 is 16.2. The van der Waals surface area contributed by atoms with Crippen LogP contribution >= 0.6 is 0 Å². The molecule has 0 radical (unpaired) electrons. The average Bonchev–Trinajstić information content (AvgIpc) is 3.62. The lowest BCUT2D eigenvalue weighted by Gasteiger charge is -2.39. The second kappa shape index (κ2) is 9.85. The van der Waals surface area contributed by atoms with Crippen molar-refractivity contribution in [3.63, 3.8) is 0 Å². The minimum absolute atomic E-state index is 0.0684. The molecule has 2 fully saturated rings. The van der Waals surface area contributed by atoms with E-state index in [1.54, 1.807) is 21.9 Å². The summed E-state index contributed by atoms with van der Waals surface area (Å²) in [7, 11) is 3.84. The molecule has 1 aliphatic heterocycles. The number of amides is 1. The van der Waals surface area contributed by atoms with E-state index in [1.165, 1.54) is 12.1 Å². The second-order valence-electron chi connectivity index (χ2n) is 12.0. The van der Waals surface area contributed by atoms with E-state index < -0.39 is 5.60 Å². The standard InChI is InChI=1S/C32H33FN6O2/c1-37(18-32(41)10-3-11-32)16-20-4-5-22-17-39(31(40)26(22)12-20)29-14-23(13-28(35-29)21-6-7-21)25-9-8-24(33)15-27(25)30-36-34-19-38(30)2/h4-5,8-9,12-15,19,21,41H,3,6-7,10-11,16-18H2,1-2H3. The van der Waals surface area contributed by atoms with Crippen LogP contribution < -0.4 is 4.90 Å². The van der Waals surface area contributed by atoms with Gasteiger partial charge in [0.05, 0.1) is 12.1 Å². The summed E-state index contributed by atoms with van der Waals surface area (Å²) in [5, 5.41) is 18.8. The molecule has 4 aromatic rings. The van der Waals surface area contributed by atoms with Crippen LogP contribution in [-0.2, 0) is 20.1 Å². The highest BCUT2D eigenvalue weighted by atomic mass is 19.1. The summed E-state index contributed by atoms with van der Waals surface area (Å²) in [4.78, 5) is 22.6. The summed E-state index contributed by atoms with van der Waals surface area (Å²) in [6.45, 7) is 1.74. The zero-order chi connectivity index (χ0) is 28.3. The van der Waals surface area contributed by atoms with E-state index in [2.05, 4.69) is 27.2 Å². The molecule has 7 rings (SSSR count). The Morgan fingerprint density at radius 3 is 2.61 bits per heavy atom. The van der Waals surface area contributed by atoms with Gasteiger partial charge in [0.2, 0.25) is 0 Å². The molecule has 210 valence electrons. The van der Waals surface area contributed by atoms with Crippen LogP contribution in [0.4, 0.5) is 10.2 Å². The van der Waals surface area contributed by atoms with Crippen LogP contribution in [0.5, 0.6) is 0 Å². The third kappa shape index (κ3) is 4.93. The van der Waals surface area contributed by atoms with Crippen LogP contribution in [0.2, 0.25) is 0 Å². The third-order valence-corrected chi connectivity index (χ3v) is 8.63. The number of carbonyl (C=O) groups excluding carboxylic acids is 1. The molecule has 0 saturated heterocycles. The van der Waals surface area contributed by atoms with Gasteiger partial charge in [-0.25, -0.2) is 9.37 Å². The Bertz CT molecular complexity index is 1660. The molecule has 1 N–H and O–H groups in total. The first kappa shape index (κ1) is 26.0. The van der Waals surface area contributed by atoms with Crippen molar-refractivity contribution < 1.29 is 14.3 Å². The first-order valence-corrected chi connectivity index (χ1v) is 14.3. The van der Waals surface area contributed by atoms with Crippen LogP contribution in [0.25, 0.3) is 22.5 Å². The molecule has 2 aromatic carbocycles. The number of benzene rings is 2. The van der Waals surface area contributed by atoms with E-state index >= 15 is 0 Å². The van der Waals surface area contributed by atoms with Crippen molar-refractivity contribution in [2.45, 2.75) is 56.7 Å². The number of hydrogen-bond acceptors (Lipinski definition) is 6. The molecule has 8 nitrogen and oxygen atoms in total. The van der Waals surface area contributed by atoms with E-state index in [0.717, 1.165) is 60.1 Å². The lowest BCUT2D eigenvalue weighted by Crippen LogP contribution is -2.46. The van der Waals surface area contributed by atoms with E-state index in [0.29, 0.717) is 48.3 Å². The molecule has 0 bridgehead atoms. The summed E-state index contributed by atoms with van der Waals surface area (Å²) in [6, 6.07) is 14.8. The van der Waals surface area contributed by atoms with Gasteiger partial charge >= 0.3 is 0 Å². The number of aliphatic hydroxyl groups is 1. The SMILES string of the molecule is CN(Cc1ccc2c(c1)C(=O)N(c1cc(-c3ccc(F)cc3-c3nncn3C)cc(C3CC3)n1)C2)CC1(O)CCC1. The fraction of sp³-hybridized carbons (Fsp3) is 0.375. The predicted octanol–water partition coefficient (Wildman–Crippen LogP) is 5.07. The van der Waals surface area contributed by atoms with Gasteiger partial charge in [-0.1, -0.05) is 18.2 Å². The summed E-state index contributed by atoms with van der Waals surface area (Å²) >= 11 is 0. The summed E-state index contributed by atoms with van der Waals surface area (Å²) in [5.74, 6) is 1.11. The number of nitrogens with zero attached hydrogens (tertiary/aromatic N) is 6. The molecular weight excluding hydrogens is 519 g/mol. The Morgan fingerprint density at radius 1 is 1.07 bits per heavy atom. The average molecular weight is 553 g/mol. The quantitative estimate of drug-likeness (QED) is 0.329. The Morgan fingerprint density at radius 2 is 1.90 bits per heavy atom. The topological polar surface area (TPSA) is 87.4 Å². The Labute approximate surface area is 238 Å². The largest absolute Gasteiger partial charge is 0.389 e. The minimum atomic E-state index is -0.578. The number of hydrogen-bond donors (Lipinski definition) is 1. The molecule has 1 amide bonds. The van der Waals surface area contributed by atoms with Crippen LogP contribution in [0, 0.1) is 5.82 Å². The van der Waals surface area contributed by atoms with Gasteiger partial charge < -0.3 is 9.67 Å². The summed E-state index contributed by atoms with van der Waals surface area (Å²) in [6.07, 6.45) is 6.50. The van der Waals surface area contributed by atoms with Crippen molar-refractivity contribution in [2.75, 3.05) is 18.5 Å². The molecule has 9 heteroatoms. The van der Waals surface area contributed by atoms with Gasteiger partial charge in [0, 0.05) is 42.9 Å². The molecule has 3 aliphatic rings. The van der Waals surface area contributed by atoms with E-state index in [4.69, 9.17) is 4.98 Å². The van der Waals surface area contributed by atoms with Crippen LogP contribution in [-0.4, -0.2) is 54.9 Å². The van der Waals surface area contributed by atoms with E-state index in [1.807, 2.05) is 32.3 Å². The lowest BCUT2D eigenvalue weighted by molar-refractivity contribution is -0.0555. The van der Waals surface area contributed by atoms with Gasteiger partial charge in [-0.2, -0.15) is 0 Å². The molecular formula is C32H33FN6O2. The highest BCUT2D eigenvalue weighted by molar-refractivity contribution is 6.10. The summed E-state index contributed by atoms with van der Waals surface area (Å²) in [5.41, 5.74) is 5.41. The fourth-order valence-corrected chi connectivity index (χ4v) is 6.14. The van der Waals surface area contributed by atoms with Crippen molar-refractivity contribution in [1.29, 1.82) is 0 Å². The number of halogens is 1. The highest BCUT2D eigenvalue weighted by Crippen LogP contribution is 2.43. The molecule has 3 heterocycles. The van der Waals surface area contributed by atoms with E-state index in [9.17, 15) is 14.3 Å². The molecule has 0 atom stereocenters. The first-order chi connectivity index (χ1) is 19.8. The monoisotopic (exact) mass is 552 g/mol. The highest BCUT2D eigenvalue weighted by Gasteiger charge is 2.36. The van der Waals surface area contributed by atoms with Gasteiger partial charge in [0.1, 0.15) is 18.0 Å². The smallest absolute Gasteiger partial charge is 0.260 e. The zero-order valence-electron chi connectivity index (χ0n) is 23.3.